The van der Waals surface area contributed by atoms with Gasteiger partial charge in [0, 0.05) is 25.0 Å². The van der Waals surface area contributed by atoms with E-state index >= 15 is 0 Å². The summed E-state index contributed by atoms with van der Waals surface area (Å²) in [5.41, 5.74) is 0. The molecule has 0 spiro atoms. The molecule has 0 radical (unpaired) electrons. The molecule has 0 aromatic heterocycles. The maximum absolute atomic E-state index is 12.4. The fraction of sp³-hybridized carbons (Fsp3) is 0.417. The van der Waals surface area contributed by atoms with E-state index in [0.29, 0.717) is 6.42 Å². The summed E-state index contributed by atoms with van der Waals surface area (Å²) in [5.74, 6) is -0.400. The Balaban J connectivity index is 2.93. The molecule has 0 N–H and O–H groups in total. The van der Waals surface area contributed by atoms with E-state index in [1.807, 2.05) is 0 Å². The van der Waals surface area contributed by atoms with Crippen LogP contribution in [-0.2, 0) is 19.6 Å². The van der Waals surface area contributed by atoms with E-state index in [2.05, 4.69) is 4.74 Å². The summed E-state index contributed by atoms with van der Waals surface area (Å²) in [4.78, 5) is 10.8. The number of benzene rings is 1. The highest BCUT2D eigenvalue weighted by molar-refractivity contribution is 7.89. The number of rotatable bonds is 6. The van der Waals surface area contributed by atoms with Crippen molar-refractivity contribution in [1.82, 2.24) is 4.31 Å². The first-order chi connectivity index (χ1) is 9.70. The van der Waals surface area contributed by atoms with Crippen molar-refractivity contribution in [2.45, 2.75) is 17.7 Å². The molecule has 1 rings (SSSR count). The van der Waals surface area contributed by atoms with Gasteiger partial charge in [-0.05, 0) is 18.6 Å². The molecule has 21 heavy (non-hydrogen) atoms. The molecule has 0 aliphatic heterocycles. The molecule has 0 atom stereocenters. The van der Waals surface area contributed by atoms with E-state index in [-0.39, 0.29) is 32.9 Å². The molecular weight excluding hydrogens is 361 g/mol. The van der Waals surface area contributed by atoms with Crippen LogP contribution >= 0.6 is 34.8 Å². The normalized spacial score (nSPS) is 11.7. The van der Waals surface area contributed by atoms with E-state index in [1.165, 1.54) is 26.3 Å². The number of hydrogen-bond acceptors (Lipinski definition) is 4. The molecule has 0 aliphatic rings. The first-order valence-electron chi connectivity index (χ1n) is 5.88. The number of hydrogen-bond donors (Lipinski definition) is 0. The summed E-state index contributed by atoms with van der Waals surface area (Å²) in [6, 6.07) is 2.62. The Kier molecular flexibility index (Phi) is 6.74. The predicted molar refractivity (Wildman–Crippen MR) is 82.5 cm³/mol. The van der Waals surface area contributed by atoms with E-state index in [1.54, 1.807) is 0 Å². The van der Waals surface area contributed by atoms with Gasteiger partial charge < -0.3 is 4.74 Å². The number of halogens is 3. The molecule has 0 aliphatic carbocycles. The number of methoxy groups -OCH3 is 1. The molecular formula is C12H14Cl3NO4S. The van der Waals surface area contributed by atoms with Gasteiger partial charge >= 0.3 is 5.97 Å². The summed E-state index contributed by atoms with van der Waals surface area (Å²) >= 11 is 17.6. The molecule has 0 fully saturated rings. The van der Waals surface area contributed by atoms with Crippen LogP contribution in [0.15, 0.2) is 17.0 Å². The second-order valence-electron chi connectivity index (χ2n) is 4.20. The fourth-order valence-electron chi connectivity index (χ4n) is 1.60. The highest BCUT2D eigenvalue weighted by Crippen LogP contribution is 2.34. The van der Waals surface area contributed by atoms with Crippen LogP contribution in [0.4, 0.5) is 0 Å². The van der Waals surface area contributed by atoms with Gasteiger partial charge in [0.15, 0.2) is 0 Å². The maximum atomic E-state index is 12.4. The zero-order valence-electron chi connectivity index (χ0n) is 11.4. The van der Waals surface area contributed by atoms with Crippen LogP contribution in [0.1, 0.15) is 12.8 Å². The van der Waals surface area contributed by atoms with Gasteiger partial charge in [-0.25, -0.2) is 12.7 Å². The topological polar surface area (TPSA) is 63.7 Å². The number of ether oxygens (including phenoxy) is 1. The summed E-state index contributed by atoms with van der Waals surface area (Å²) in [6.07, 6.45) is 0.448. The first kappa shape index (κ1) is 18.5. The summed E-state index contributed by atoms with van der Waals surface area (Å²) in [6.45, 7) is 0.132. The van der Waals surface area contributed by atoms with Gasteiger partial charge in [-0.3, -0.25) is 4.79 Å². The number of carbonyl (C=O) groups is 1. The molecule has 0 bridgehead atoms. The van der Waals surface area contributed by atoms with Gasteiger partial charge in [-0.15, -0.1) is 0 Å². The predicted octanol–water partition coefficient (Wildman–Crippen LogP) is 3.22. The van der Waals surface area contributed by atoms with Gasteiger partial charge in [0.2, 0.25) is 10.0 Å². The minimum absolute atomic E-state index is 0.0488. The lowest BCUT2D eigenvalue weighted by Crippen LogP contribution is -2.29. The molecule has 118 valence electrons. The van der Waals surface area contributed by atoms with Crippen molar-refractivity contribution < 1.29 is 17.9 Å². The number of sulfonamides is 1. The average Bonchev–Trinajstić information content (AvgIpc) is 2.36. The van der Waals surface area contributed by atoms with Gasteiger partial charge in [-0.2, -0.15) is 0 Å². The van der Waals surface area contributed by atoms with Crippen molar-refractivity contribution in [3.05, 3.63) is 27.2 Å². The molecule has 9 heteroatoms. The van der Waals surface area contributed by atoms with E-state index in [9.17, 15) is 13.2 Å². The lowest BCUT2D eigenvalue weighted by atomic mass is 10.3. The SMILES string of the molecule is COC(=O)CCCN(C)S(=O)(=O)c1c(Cl)cc(Cl)cc1Cl. The molecule has 5 nitrogen and oxygen atoms in total. The minimum Gasteiger partial charge on any atom is -0.469 e. The van der Waals surface area contributed by atoms with E-state index < -0.39 is 16.0 Å². The fourth-order valence-corrected chi connectivity index (χ4v) is 4.29. The van der Waals surface area contributed by atoms with Crippen molar-refractivity contribution in [2.75, 3.05) is 20.7 Å². The molecule has 1 aromatic rings. The lowest BCUT2D eigenvalue weighted by molar-refractivity contribution is -0.140. The third-order valence-corrected chi connectivity index (χ3v) is 5.71. The standard InChI is InChI=1S/C12H14Cl3NO4S/c1-16(5-3-4-11(17)20-2)21(18,19)12-9(14)6-8(13)7-10(12)15/h6-7H,3-5H2,1-2H3. The third kappa shape index (κ3) is 4.72. The van der Waals surface area contributed by atoms with Crippen LogP contribution < -0.4 is 0 Å². The zero-order valence-corrected chi connectivity index (χ0v) is 14.5. The van der Waals surface area contributed by atoms with Crippen LogP contribution in [0.3, 0.4) is 0 Å². The van der Waals surface area contributed by atoms with Gasteiger partial charge in [0.05, 0.1) is 17.2 Å². The average molecular weight is 375 g/mol. The molecule has 0 unspecified atom stereocenters. The maximum Gasteiger partial charge on any atom is 0.305 e. The van der Waals surface area contributed by atoms with Crippen molar-refractivity contribution >= 4 is 50.8 Å². The second kappa shape index (κ2) is 7.65. The molecule has 0 heterocycles. The van der Waals surface area contributed by atoms with Crippen molar-refractivity contribution in [2.24, 2.45) is 0 Å². The highest BCUT2D eigenvalue weighted by Gasteiger charge is 2.26. The van der Waals surface area contributed by atoms with Crippen LogP contribution in [0, 0.1) is 0 Å². The highest BCUT2D eigenvalue weighted by atomic mass is 35.5. The minimum atomic E-state index is -3.86. The summed E-state index contributed by atoms with van der Waals surface area (Å²) in [7, 11) is -1.21. The summed E-state index contributed by atoms with van der Waals surface area (Å²) in [5, 5.41) is 0.150. The Labute approximate surface area is 138 Å². The Morgan fingerprint density at radius 3 is 2.24 bits per heavy atom. The molecule has 0 saturated heterocycles. The molecule has 0 amide bonds. The van der Waals surface area contributed by atoms with Crippen molar-refractivity contribution in [1.29, 1.82) is 0 Å². The van der Waals surface area contributed by atoms with Gasteiger partial charge in [0.25, 0.3) is 0 Å². The monoisotopic (exact) mass is 373 g/mol. The van der Waals surface area contributed by atoms with Crippen LogP contribution in [-0.4, -0.2) is 39.4 Å². The Morgan fingerprint density at radius 2 is 1.76 bits per heavy atom. The number of nitrogens with zero attached hydrogens (tertiary/aromatic N) is 1. The zero-order chi connectivity index (χ0) is 16.2. The Morgan fingerprint density at radius 1 is 1.24 bits per heavy atom. The first-order valence-corrected chi connectivity index (χ1v) is 8.45. The smallest absolute Gasteiger partial charge is 0.305 e. The van der Waals surface area contributed by atoms with Crippen LogP contribution in [0.2, 0.25) is 15.1 Å². The molecule has 1 aromatic carbocycles. The van der Waals surface area contributed by atoms with E-state index in [0.717, 1.165) is 4.31 Å². The van der Waals surface area contributed by atoms with Gasteiger partial charge in [0.1, 0.15) is 4.90 Å². The van der Waals surface area contributed by atoms with E-state index in [4.69, 9.17) is 34.8 Å². The Hall–Kier alpha value is -0.530. The van der Waals surface area contributed by atoms with Crippen molar-refractivity contribution in [3.8, 4) is 0 Å². The van der Waals surface area contributed by atoms with Crippen LogP contribution in [0.25, 0.3) is 0 Å². The quantitative estimate of drug-likeness (QED) is 0.717. The van der Waals surface area contributed by atoms with Gasteiger partial charge in [-0.1, -0.05) is 34.8 Å². The number of esters is 1. The van der Waals surface area contributed by atoms with Crippen molar-refractivity contribution in [3.63, 3.8) is 0 Å². The number of carbonyl (C=O) groups excluding carboxylic acids is 1. The summed E-state index contributed by atoms with van der Waals surface area (Å²) < 4.78 is 30.4. The largest absolute Gasteiger partial charge is 0.469 e. The Bertz CT molecular complexity index is 610. The second-order valence-corrected chi connectivity index (χ2v) is 7.44. The third-order valence-electron chi connectivity index (χ3n) is 2.71. The van der Waals surface area contributed by atoms with Crippen LogP contribution in [0.5, 0.6) is 0 Å². The lowest BCUT2D eigenvalue weighted by Gasteiger charge is -2.18. The molecule has 0 saturated carbocycles.